The van der Waals surface area contributed by atoms with Crippen LogP contribution in [0.2, 0.25) is 5.02 Å². The van der Waals surface area contributed by atoms with Crippen LogP contribution in [0, 0.1) is 0 Å². The van der Waals surface area contributed by atoms with Crippen molar-refractivity contribution in [1.29, 1.82) is 0 Å². The highest BCUT2D eigenvalue weighted by molar-refractivity contribution is 6.30. The van der Waals surface area contributed by atoms with Gasteiger partial charge in [-0.1, -0.05) is 48.0 Å². The molecule has 0 radical (unpaired) electrons. The van der Waals surface area contributed by atoms with Crippen LogP contribution in [0.3, 0.4) is 0 Å². The van der Waals surface area contributed by atoms with Crippen LogP contribution in [0.1, 0.15) is 25.0 Å². The summed E-state index contributed by atoms with van der Waals surface area (Å²) in [5.41, 5.74) is 1.82. The van der Waals surface area contributed by atoms with Crippen LogP contribution in [-0.2, 0) is 4.74 Å². The Kier molecular flexibility index (Phi) is 6.91. The van der Waals surface area contributed by atoms with Gasteiger partial charge in [0.25, 0.3) is 0 Å². The molecule has 0 aliphatic rings. The Morgan fingerprint density at radius 1 is 1.17 bits per heavy atom. The third-order valence-electron chi connectivity index (χ3n) is 3.33. The summed E-state index contributed by atoms with van der Waals surface area (Å²) in [7, 11) is 0. The fourth-order valence-corrected chi connectivity index (χ4v) is 2.29. The molecule has 4 nitrogen and oxygen atoms in total. The number of ether oxygens (including phenoxy) is 1. The third kappa shape index (κ3) is 6.30. The summed E-state index contributed by atoms with van der Waals surface area (Å²) in [5, 5.41) is 6.11. The molecule has 122 valence electrons. The van der Waals surface area contributed by atoms with Crippen molar-refractivity contribution in [2.75, 3.05) is 18.5 Å². The molecule has 1 atom stereocenters. The second-order valence-electron chi connectivity index (χ2n) is 5.17. The number of hydrogen-bond donors (Lipinski definition) is 2. The Morgan fingerprint density at radius 2 is 1.96 bits per heavy atom. The lowest BCUT2D eigenvalue weighted by molar-refractivity contribution is 0.0644. The lowest BCUT2D eigenvalue weighted by Gasteiger charge is -2.13. The smallest absolute Gasteiger partial charge is 0.319 e. The van der Waals surface area contributed by atoms with Gasteiger partial charge in [0.1, 0.15) is 0 Å². The standard InChI is InChI=1S/C18H21ClN2O2/c1-14(15-7-3-2-4-8-15)23-12-6-11-20-18(22)21-17-10-5-9-16(19)13-17/h2-5,7-10,13-14H,6,11-12H2,1H3,(H2,20,21,22). The molecule has 0 fully saturated rings. The maximum Gasteiger partial charge on any atom is 0.319 e. The second-order valence-corrected chi connectivity index (χ2v) is 5.60. The van der Waals surface area contributed by atoms with Gasteiger partial charge < -0.3 is 15.4 Å². The van der Waals surface area contributed by atoms with Gasteiger partial charge in [0, 0.05) is 23.9 Å². The van der Waals surface area contributed by atoms with E-state index in [1.165, 1.54) is 0 Å². The number of rotatable bonds is 7. The average molecular weight is 333 g/mol. The summed E-state index contributed by atoms with van der Waals surface area (Å²) in [4.78, 5) is 11.7. The SMILES string of the molecule is CC(OCCCNC(=O)Nc1cccc(Cl)c1)c1ccccc1. The molecule has 23 heavy (non-hydrogen) atoms. The van der Waals surface area contributed by atoms with Crippen molar-refractivity contribution >= 4 is 23.3 Å². The second kappa shape index (κ2) is 9.18. The number of carbonyl (C=O) groups is 1. The monoisotopic (exact) mass is 332 g/mol. The van der Waals surface area contributed by atoms with E-state index in [2.05, 4.69) is 10.6 Å². The summed E-state index contributed by atoms with van der Waals surface area (Å²) in [5.74, 6) is 0. The fraction of sp³-hybridized carbons (Fsp3) is 0.278. The highest BCUT2D eigenvalue weighted by Crippen LogP contribution is 2.16. The minimum Gasteiger partial charge on any atom is -0.374 e. The fourth-order valence-electron chi connectivity index (χ4n) is 2.10. The first kappa shape index (κ1) is 17.3. The van der Waals surface area contributed by atoms with Gasteiger partial charge in [0.15, 0.2) is 0 Å². The molecule has 0 bridgehead atoms. The van der Waals surface area contributed by atoms with Crippen molar-refractivity contribution in [3.8, 4) is 0 Å². The van der Waals surface area contributed by atoms with Gasteiger partial charge >= 0.3 is 6.03 Å². The molecule has 2 rings (SSSR count). The molecule has 2 aromatic carbocycles. The Labute approximate surface area is 141 Å². The van der Waals surface area contributed by atoms with Crippen molar-refractivity contribution < 1.29 is 9.53 Å². The first-order valence-electron chi connectivity index (χ1n) is 7.62. The molecular weight excluding hydrogens is 312 g/mol. The highest BCUT2D eigenvalue weighted by Gasteiger charge is 2.05. The van der Waals surface area contributed by atoms with Crippen molar-refractivity contribution in [3.05, 3.63) is 65.2 Å². The number of urea groups is 1. The number of benzene rings is 2. The van der Waals surface area contributed by atoms with Crippen LogP contribution < -0.4 is 10.6 Å². The van der Waals surface area contributed by atoms with E-state index in [0.29, 0.717) is 23.9 Å². The van der Waals surface area contributed by atoms with Crippen LogP contribution in [-0.4, -0.2) is 19.2 Å². The quantitative estimate of drug-likeness (QED) is 0.726. The lowest BCUT2D eigenvalue weighted by atomic mass is 10.1. The van der Waals surface area contributed by atoms with E-state index in [9.17, 15) is 4.79 Å². The zero-order valence-corrected chi connectivity index (χ0v) is 13.8. The topological polar surface area (TPSA) is 50.4 Å². The third-order valence-corrected chi connectivity index (χ3v) is 3.56. The summed E-state index contributed by atoms with van der Waals surface area (Å²) in [6, 6.07) is 16.9. The average Bonchev–Trinajstić information content (AvgIpc) is 2.55. The minimum atomic E-state index is -0.247. The van der Waals surface area contributed by atoms with Crippen LogP contribution >= 0.6 is 11.6 Å². The lowest BCUT2D eigenvalue weighted by Crippen LogP contribution is -2.30. The van der Waals surface area contributed by atoms with E-state index >= 15 is 0 Å². The van der Waals surface area contributed by atoms with Gasteiger partial charge in [-0.2, -0.15) is 0 Å². The van der Waals surface area contributed by atoms with Gasteiger partial charge in [0.05, 0.1) is 6.10 Å². The van der Waals surface area contributed by atoms with E-state index in [-0.39, 0.29) is 12.1 Å². The molecule has 2 aromatic rings. The maximum atomic E-state index is 11.7. The van der Waals surface area contributed by atoms with Gasteiger partial charge in [-0.15, -0.1) is 0 Å². The van der Waals surface area contributed by atoms with Gasteiger partial charge in [-0.05, 0) is 37.1 Å². The molecule has 0 aliphatic heterocycles. The molecule has 0 heterocycles. The minimum absolute atomic E-state index is 0.0523. The largest absolute Gasteiger partial charge is 0.374 e. The first-order valence-corrected chi connectivity index (χ1v) is 8.00. The van der Waals surface area contributed by atoms with Crippen molar-refractivity contribution in [2.24, 2.45) is 0 Å². The summed E-state index contributed by atoms with van der Waals surface area (Å²) < 4.78 is 5.75. The predicted octanol–water partition coefficient (Wildman–Crippen LogP) is 4.63. The molecule has 0 aliphatic carbocycles. The van der Waals surface area contributed by atoms with Crippen LogP contribution in [0.25, 0.3) is 0 Å². The summed E-state index contributed by atoms with van der Waals surface area (Å²) in [6.45, 7) is 3.16. The van der Waals surface area contributed by atoms with E-state index in [1.54, 1.807) is 24.3 Å². The van der Waals surface area contributed by atoms with Crippen molar-refractivity contribution in [2.45, 2.75) is 19.4 Å². The van der Waals surface area contributed by atoms with Gasteiger partial charge in [-0.3, -0.25) is 0 Å². The Bertz CT molecular complexity index is 619. The molecule has 2 amide bonds. The summed E-state index contributed by atoms with van der Waals surface area (Å²) >= 11 is 5.87. The predicted molar refractivity (Wildman–Crippen MR) is 93.9 cm³/mol. The number of amides is 2. The van der Waals surface area contributed by atoms with Crippen molar-refractivity contribution in [1.82, 2.24) is 5.32 Å². The molecule has 0 aromatic heterocycles. The number of anilines is 1. The number of carbonyl (C=O) groups excluding carboxylic acids is 1. The van der Waals surface area contributed by atoms with Crippen LogP contribution in [0.15, 0.2) is 54.6 Å². The zero-order valence-electron chi connectivity index (χ0n) is 13.1. The number of hydrogen-bond acceptors (Lipinski definition) is 2. The van der Waals surface area contributed by atoms with Crippen LogP contribution in [0.5, 0.6) is 0 Å². The van der Waals surface area contributed by atoms with E-state index in [0.717, 1.165) is 12.0 Å². The van der Waals surface area contributed by atoms with Gasteiger partial charge in [-0.25, -0.2) is 4.79 Å². The molecule has 2 N–H and O–H groups in total. The number of halogens is 1. The maximum absolute atomic E-state index is 11.7. The number of nitrogens with one attached hydrogen (secondary N) is 2. The van der Waals surface area contributed by atoms with E-state index in [1.807, 2.05) is 37.3 Å². The van der Waals surface area contributed by atoms with E-state index < -0.39 is 0 Å². The Morgan fingerprint density at radius 3 is 2.70 bits per heavy atom. The highest BCUT2D eigenvalue weighted by atomic mass is 35.5. The molecule has 5 heteroatoms. The van der Waals surface area contributed by atoms with Crippen molar-refractivity contribution in [3.63, 3.8) is 0 Å². The van der Waals surface area contributed by atoms with Crippen LogP contribution in [0.4, 0.5) is 10.5 Å². The zero-order chi connectivity index (χ0) is 16.5. The summed E-state index contributed by atoms with van der Waals surface area (Å²) in [6.07, 6.45) is 0.802. The molecule has 0 spiro atoms. The first-order chi connectivity index (χ1) is 11.1. The molecular formula is C18H21ClN2O2. The Balaban J connectivity index is 1.61. The molecule has 1 unspecified atom stereocenters. The molecule has 0 saturated heterocycles. The normalized spacial score (nSPS) is 11.7. The van der Waals surface area contributed by atoms with Gasteiger partial charge in [0.2, 0.25) is 0 Å². The van der Waals surface area contributed by atoms with E-state index in [4.69, 9.17) is 16.3 Å². The Hall–Kier alpha value is -2.04. The molecule has 0 saturated carbocycles.